The number of rotatable bonds is 9. The highest BCUT2D eigenvalue weighted by molar-refractivity contribution is 9.10. The maximum atomic E-state index is 13.5. The lowest BCUT2D eigenvalue weighted by molar-refractivity contribution is -0.122. The second-order valence-corrected chi connectivity index (χ2v) is 8.09. The minimum absolute atomic E-state index is 0.0302. The van der Waals surface area contributed by atoms with Gasteiger partial charge in [-0.2, -0.15) is 11.8 Å². The number of hydrogen-bond donors (Lipinski definition) is 1. The first kappa shape index (κ1) is 20.8. The number of halogens is 2. The molecule has 0 aliphatic rings. The third kappa shape index (κ3) is 6.65. The van der Waals surface area contributed by atoms with Crippen molar-refractivity contribution >= 4 is 33.6 Å². The summed E-state index contributed by atoms with van der Waals surface area (Å²) in [6.45, 7) is 4.74. The summed E-state index contributed by atoms with van der Waals surface area (Å²) in [5.41, 5.74) is 1.89. The zero-order valence-electron chi connectivity index (χ0n) is 14.9. The lowest BCUT2D eigenvalue weighted by Gasteiger charge is -2.11. The average Bonchev–Trinajstić information content (AvgIpc) is 2.61. The van der Waals surface area contributed by atoms with E-state index in [9.17, 15) is 9.18 Å². The molecule has 1 amide bonds. The van der Waals surface area contributed by atoms with Crippen LogP contribution < -0.4 is 10.1 Å². The van der Waals surface area contributed by atoms with E-state index < -0.39 is 0 Å². The lowest BCUT2D eigenvalue weighted by Crippen LogP contribution is -2.30. The Morgan fingerprint density at radius 3 is 2.73 bits per heavy atom. The summed E-state index contributed by atoms with van der Waals surface area (Å²) in [5.74, 6) is 2.04. The van der Waals surface area contributed by atoms with Crippen molar-refractivity contribution in [1.29, 1.82) is 0 Å². The van der Waals surface area contributed by atoms with Crippen LogP contribution in [-0.2, 0) is 10.5 Å². The Labute approximate surface area is 166 Å². The third-order valence-electron chi connectivity index (χ3n) is 3.77. The van der Waals surface area contributed by atoms with E-state index in [0.717, 1.165) is 4.47 Å². The summed E-state index contributed by atoms with van der Waals surface area (Å²) in [6.07, 6.45) is 0. The molecule has 0 atom stereocenters. The summed E-state index contributed by atoms with van der Waals surface area (Å²) in [4.78, 5) is 11.9. The summed E-state index contributed by atoms with van der Waals surface area (Å²) < 4.78 is 19.9. The predicted molar refractivity (Wildman–Crippen MR) is 109 cm³/mol. The van der Waals surface area contributed by atoms with Crippen molar-refractivity contribution in [2.24, 2.45) is 0 Å². The van der Waals surface area contributed by atoms with Crippen molar-refractivity contribution in [1.82, 2.24) is 5.32 Å². The van der Waals surface area contributed by atoms with Gasteiger partial charge in [0.1, 0.15) is 11.6 Å². The first-order chi connectivity index (χ1) is 12.5. The van der Waals surface area contributed by atoms with Gasteiger partial charge in [-0.1, -0.05) is 38.1 Å². The van der Waals surface area contributed by atoms with E-state index in [1.165, 1.54) is 11.6 Å². The van der Waals surface area contributed by atoms with Crippen LogP contribution in [0.2, 0.25) is 0 Å². The molecule has 26 heavy (non-hydrogen) atoms. The maximum Gasteiger partial charge on any atom is 0.257 e. The van der Waals surface area contributed by atoms with Crippen LogP contribution in [0.3, 0.4) is 0 Å². The van der Waals surface area contributed by atoms with Gasteiger partial charge in [0.2, 0.25) is 0 Å². The summed E-state index contributed by atoms with van der Waals surface area (Å²) in [7, 11) is 0. The van der Waals surface area contributed by atoms with Crippen LogP contribution in [0.5, 0.6) is 5.75 Å². The van der Waals surface area contributed by atoms with E-state index in [-0.39, 0.29) is 18.3 Å². The lowest BCUT2D eigenvalue weighted by atomic mass is 10.0. The number of ether oxygens (including phenoxy) is 1. The molecule has 0 saturated carbocycles. The number of thioether (sulfide) groups is 1. The molecule has 0 spiro atoms. The summed E-state index contributed by atoms with van der Waals surface area (Å²) in [5, 5.41) is 2.81. The van der Waals surface area contributed by atoms with E-state index in [1.807, 2.05) is 24.3 Å². The Bertz CT molecular complexity index is 740. The van der Waals surface area contributed by atoms with Gasteiger partial charge in [-0.15, -0.1) is 0 Å². The topological polar surface area (TPSA) is 38.3 Å². The van der Waals surface area contributed by atoms with Gasteiger partial charge in [-0.05, 0) is 51.2 Å². The van der Waals surface area contributed by atoms with Crippen molar-refractivity contribution < 1.29 is 13.9 Å². The molecule has 0 radical (unpaired) electrons. The fourth-order valence-electron chi connectivity index (χ4n) is 2.25. The number of benzene rings is 2. The Morgan fingerprint density at radius 1 is 1.27 bits per heavy atom. The largest absolute Gasteiger partial charge is 0.483 e. The monoisotopic (exact) mass is 439 g/mol. The molecule has 0 aromatic heterocycles. The SMILES string of the molecule is CC(C)c1ccc(OCC(=O)NCCSCc2ccccc2F)c(Br)c1. The van der Waals surface area contributed by atoms with E-state index >= 15 is 0 Å². The number of carbonyl (C=O) groups is 1. The molecule has 3 nitrogen and oxygen atoms in total. The number of carbonyl (C=O) groups excluding carboxylic acids is 1. The standard InChI is InChI=1S/C20H23BrFNO2S/c1-14(2)15-7-8-19(17(21)11-15)25-12-20(24)23-9-10-26-13-16-5-3-4-6-18(16)22/h3-8,11,14H,9-10,12-13H2,1-2H3,(H,23,24). The molecule has 2 aromatic rings. The molecule has 0 aliphatic heterocycles. The fraction of sp³-hybridized carbons (Fsp3) is 0.350. The molecule has 0 aliphatic carbocycles. The van der Waals surface area contributed by atoms with Crippen LogP contribution in [0, 0.1) is 5.82 Å². The number of amides is 1. The normalized spacial score (nSPS) is 10.8. The molecule has 0 saturated heterocycles. The highest BCUT2D eigenvalue weighted by Crippen LogP contribution is 2.28. The van der Waals surface area contributed by atoms with Crippen molar-refractivity contribution in [3.05, 3.63) is 63.9 Å². The molecule has 0 bridgehead atoms. The van der Waals surface area contributed by atoms with Crippen molar-refractivity contribution in [3.63, 3.8) is 0 Å². The minimum atomic E-state index is -0.188. The van der Waals surface area contributed by atoms with Gasteiger partial charge >= 0.3 is 0 Å². The number of hydrogen-bond acceptors (Lipinski definition) is 3. The van der Waals surface area contributed by atoms with Gasteiger partial charge in [0.25, 0.3) is 5.91 Å². The van der Waals surface area contributed by atoms with Crippen molar-refractivity contribution in [2.75, 3.05) is 18.9 Å². The highest BCUT2D eigenvalue weighted by atomic mass is 79.9. The quantitative estimate of drug-likeness (QED) is 0.549. The molecule has 0 unspecified atom stereocenters. The Kier molecular flexibility index (Phi) is 8.45. The van der Waals surface area contributed by atoms with Gasteiger partial charge < -0.3 is 10.1 Å². The third-order valence-corrected chi connectivity index (χ3v) is 5.39. The second-order valence-electron chi connectivity index (χ2n) is 6.13. The minimum Gasteiger partial charge on any atom is -0.483 e. The molecule has 2 aromatic carbocycles. The zero-order valence-corrected chi connectivity index (χ0v) is 17.3. The molecule has 0 heterocycles. The molecule has 1 N–H and O–H groups in total. The van der Waals surface area contributed by atoms with Gasteiger partial charge in [0.15, 0.2) is 6.61 Å². The predicted octanol–water partition coefficient (Wildman–Crippen LogP) is 5.14. The van der Waals surface area contributed by atoms with Crippen LogP contribution in [0.15, 0.2) is 46.9 Å². The number of nitrogens with one attached hydrogen (secondary N) is 1. The van der Waals surface area contributed by atoms with E-state index in [2.05, 4.69) is 35.1 Å². The fourth-order valence-corrected chi connectivity index (χ4v) is 3.60. The van der Waals surface area contributed by atoms with E-state index in [1.54, 1.807) is 23.9 Å². The second kappa shape index (κ2) is 10.6. The van der Waals surface area contributed by atoms with Crippen LogP contribution >= 0.6 is 27.7 Å². The molecule has 0 fully saturated rings. The highest BCUT2D eigenvalue weighted by Gasteiger charge is 2.08. The molecule has 6 heteroatoms. The molecule has 2 rings (SSSR count). The first-order valence-electron chi connectivity index (χ1n) is 8.47. The van der Waals surface area contributed by atoms with Crippen LogP contribution in [0.4, 0.5) is 4.39 Å². The zero-order chi connectivity index (χ0) is 18.9. The van der Waals surface area contributed by atoms with Gasteiger partial charge in [0, 0.05) is 18.1 Å². The Balaban J connectivity index is 1.65. The Hall–Kier alpha value is -1.53. The van der Waals surface area contributed by atoms with Crippen LogP contribution in [-0.4, -0.2) is 24.8 Å². The van der Waals surface area contributed by atoms with E-state index in [4.69, 9.17) is 4.74 Å². The molecular weight excluding hydrogens is 417 g/mol. The van der Waals surface area contributed by atoms with Gasteiger partial charge in [-0.3, -0.25) is 4.79 Å². The molecule has 140 valence electrons. The first-order valence-corrected chi connectivity index (χ1v) is 10.4. The summed E-state index contributed by atoms with van der Waals surface area (Å²) in [6, 6.07) is 12.6. The smallest absolute Gasteiger partial charge is 0.257 e. The van der Waals surface area contributed by atoms with Crippen LogP contribution in [0.25, 0.3) is 0 Å². The van der Waals surface area contributed by atoms with Gasteiger partial charge in [-0.25, -0.2) is 4.39 Å². The maximum absolute atomic E-state index is 13.5. The van der Waals surface area contributed by atoms with Crippen molar-refractivity contribution in [3.8, 4) is 5.75 Å². The molecular formula is C20H23BrFNO2S. The van der Waals surface area contributed by atoms with Gasteiger partial charge in [0.05, 0.1) is 4.47 Å². The van der Waals surface area contributed by atoms with E-state index in [0.29, 0.717) is 35.3 Å². The van der Waals surface area contributed by atoms with Crippen LogP contribution in [0.1, 0.15) is 30.9 Å². The average molecular weight is 440 g/mol. The van der Waals surface area contributed by atoms with Crippen molar-refractivity contribution in [2.45, 2.75) is 25.5 Å². The summed E-state index contributed by atoms with van der Waals surface area (Å²) >= 11 is 5.06. The Morgan fingerprint density at radius 2 is 2.04 bits per heavy atom.